The van der Waals surface area contributed by atoms with E-state index < -0.39 is 0 Å². The molecule has 3 nitrogen and oxygen atoms in total. The van der Waals surface area contributed by atoms with Gasteiger partial charge in [0.1, 0.15) is 17.6 Å². The number of aliphatic hydroxyl groups excluding tert-OH is 1. The molecule has 1 N–H and O–H groups in total. The van der Waals surface area contributed by atoms with E-state index in [-0.39, 0.29) is 18.5 Å². The number of carbonyl (C=O) groups excluding carboxylic acids is 1. The van der Waals surface area contributed by atoms with Crippen molar-refractivity contribution < 1.29 is 14.6 Å². The zero-order valence-electron chi connectivity index (χ0n) is 9.77. The van der Waals surface area contributed by atoms with Gasteiger partial charge >= 0.3 is 0 Å². The average molecular weight is 222 g/mol. The number of hydrogen-bond donors (Lipinski definition) is 1. The predicted molar refractivity (Wildman–Crippen MR) is 62.6 cm³/mol. The van der Waals surface area contributed by atoms with Gasteiger partial charge in [-0.15, -0.1) is 0 Å². The smallest absolute Gasteiger partial charge is 0.136 e. The molecule has 0 fully saturated rings. The Balaban J connectivity index is 2.67. The zero-order valence-corrected chi connectivity index (χ0v) is 9.77. The van der Waals surface area contributed by atoms with Crippen molar-refractivity contribution in [2.24, 2.45) is 0 Å². The van der Waals surface area contributed by atoms with E-state index in [4.69, 9.17) is 9.84 Å². The Hall–Kier alpha value is -1.35. The van der Waals surface area contributed by atoms with Crippen LogP contribution in [0.15, 0.2) is 24.3 Å². The second-order valence-corrected chi connectivity index (χ2v) is 3.83. The topological polar surface area (TPSA) is 46.5 Å². The Labute approximate surface area is 96.1 Å². The molecule has 0 aliphatic heterocycles. The summed E-state index contributed by atoms with van der Waals surface area (Å²) in [7, 11) is 0. The summed E-state index contributed by atoms with van der Waals surface area (Å²) >= 11 is 0. The molecule has 1 aromatic carbocycles. The van der Waals surface area contributed by atoms with Gasteiger partial charge in [0, 0.05) is 12.8 Å². The van der Waals surface area contributed by atoms with Crippen LogP contribution in [0.1, 0.15) is 25.8 Å². The highest BCUT2D eigenvalue weighted by Gasteiger charge is 2.05. The first-order valence-electron chi connectivity index (χ1n) is 5.53. The summed E-state index contributed by atoms with van der Waals surface area (Å²) in [5.74, 6) is 0.912. The standard InChI is InChI=1S/C13H18O3/c1-3-12(15)7-11-5-4-6-13(8-11)16-10(2)9-14/h4-6,8,10,14H,3,7,9H2,1-2H3. The molecule has 1 atom stereocenters. The van der Waals surface area contributed by atoms with E-state index in [1.807, 2.05) is 31.2 Å². The highest BCUT2D eigenvalue weighted by molar-refractivity contribution is 5.80. The fourth-order valence-electron chi connectivity index (χ4n) is 1.35. The summed E-state index contributed by atoms with van der Waals surface area (Å²) in [6, 6.07) is 7.44. The van der Waals surface area contributed by atoms with E-state index in [2.05, 4.69) is 0 Å². The van der Waals surface area contributed by atoms with Crippen molar-refractivity contribution in [1.82, 2.24) is 0 Å². The molecule has 0 heterocycles. The first-order chi connectivity index (χ1) is 7.65. The Morgan fingerprint density at radius 2 is 2.25 bits per heavy atom. The quantitative estimate of drug-likeness (QED) is 0.800. The summed E-state index contributed by atoms with van der Waals surface area (Å²) in [4.78, 5) is 11.3. The van der Waals surface area contributed by atoms with Gasteiger partial charge in [-0.25, -0.2) is 0 Å². The SMILES string of the molecule is CCC(=O)Cc1cccc(OC(C)CO)c1. The number of aliphatic hydroxyl groups is 1. The molecular formula is C13H18O3. The lowest BCUT2D eigenvalue weighted by Crippen LogP contribution is -2.16. The van der Waals surface area contributed by atoms with Crippen molar-refractivity contribution in [3.05, 3.63) is 29.8 Å². The van der Waals surface area contributed by atoms with E-state index in [0.717, 1.165) is 5.56 Å². The van der Waals surface area contributed by atoms with Gasteiger partial charge in [-0.3, -0.25) is 4.79 Å². The molecule has 0 aromatic heterocycles. The van der Waals surface area contributed by atoms with Gasteiger partial charge in [-0.1, -0.05) is 19.1 Å². The van der Waals surface area contributed by atoms with E-state index in [1.54, 1.807) is 6.92 Å². The Kier molecular flexibility index (Phi) is 4.99. The maximum absolute atomic E-state index is 11.3. The molecule has 3 heteroatoms. The van der Waals surface area contributed by atoms with Crippen molar-refractivity contribution in [2.45, 2.75) is 32.8 Å². The van der Waals surface area contributed by atoms with Gasteiger partial charge in [-0.2, -0.15) is 0 Å². The summed E-state index contributed by atoms with van der Waals surface area (Å²) in [5.41, 5.74) is 0.953. The van der Waals surface area contributed by atoms with E-state index in [9.17, 15) is 4.79 Å². The number of rotatable bonds is 6. The van der Waals surface area contributed by atoms with Crippen molar-refractivity contribution in [2.75, 3.05) is 6.61 Å². The maximum atomic E-state index is 11.3. The lowest BCUT2D eigenvalue weighted by Gasteiger charge is -2.12. The van der Waals surface area contributed by atoms with Crippen LogP contribution in [0.4, 0.5) is 0 Å². The number of carbonyl (C=O) groups is 1. The van der Waals surface area contributed by atoms with E-state index in [1.165, 1.54) is 0 Å². The molecule has 0 spiro atoms. The van der Waals surface area contributed by atoms with Gasteiger partial charge in [0.05, 0.1) is 6.61 Å². The third-order valence-corrected chi connectivity index (χ3v) is 2.29. The fraction of sp³-hybridized carbons (Fsp3) is 0.462. The van der Waals surface area contributed by atoms with Crippen LogP contribution in [0, 0.1) is 0 Å². The third-order valence-electron chi connectivity index (χ3n) is 2.29. The summed E-state index contributed by atoms with van der Waals surface area (Å²) in [5, 5.41) is 8.87. The molecule has 0 aliphatic rings. The first kappa shape index (κ1) is 12.7. The van der Waals surface area contributed by atoms with Crippen LogP contribution in [0.2, 0.25) is 0 Å². The monoisotopic (exact) mass is 222 g/mol. The Bertz CT molecular complexity index is 347. The Morgan fingerprint density at radius 3 is 2.88 bits per heavy atom. The number of Topliss-reactive ketones (excluding diaryl/α,β-unsaturated/α-hetero) is 1. The van der Waals surface area contributed by atoms with Crippen molar-refractivity contribution in [1.29, 1.82) is 0 Å². The van der Waals surface area contributed by atoms with Crippen LogP contribution < -0.4 is 4.74 Å². The number of hydrogen-bond acceptors (Lipinski definition) is 3. The van der Waals surface area contributed by atoms with Gasteiger partial charge < -0.3 is 9.84 Å². The number of ether oxygens (including phenoxy) is 1. The molecule has 88 valence electrons. The van der Waals surface area contributed by atoms with Crippen LogP contribution in [0.3, 0.4) is 0 Å². The third kappa shape index (κ3) is 4.03. The molecule has 0 bridgehead atoms. The Morgan fingerprint density at radius 1 is 1.50 bits per heavy atom. The highest BCUT2D eigenvalue weighted by Crippen LogP contribution is 2.15. The van der Waals surface area contributed by atoms with Gasteiger partial charge in [0.25, 0.3) is 0 Å². The van der Waals surface area contributed by atoms with Gasteiger partial charge in [-0.05, 0) is 24.6 Å². The molecule has 1 unspecified atom stereocenters. The van der Waals surface area contributed by atoms with Crippen LogP contribution in [-0.4, -0.2) is 23.6 Å². The molecule has 0 amide bonds. The van der Waals surface area contributed by atoms with E-state index in [0.29, 0.717) is 18.6 Å². The minimum Gasteiger partial charge on any atom is -0.488 e. The molecule has 0 saturated carbocycles. The zero-order chi connectivity index (χ0) is 12.0. The normalized spacial score (nSPS) is 12.2. The number of benzene rings is 1. The number of ketones is 1. The lowest BCUT2D eigenvalue weighted by molar-refractivity contribution is -0.118. The van der Waals surface area contributed by atoms with Crippen LogP contribution in [-0.2, 0) is 11.2 Å². The van der Waals surface area contributed by atoms with Gasteiger partial charge in [0.2, 0.25) is 0 Å². The minimum atomic E-state index is -0.225. The first-order valence-corrected chi connectivity index (χ1v) is 5.53. The molecule has 1 rings (SSSR count). The molecular weight excluding hydrogens is 204 g/mol. The fourth-order valence-corrected chi connectivity index (χ4v) is 1.35. The maximum Gasteiger partial charge on any atom is 0.136 e. The minimum absolute atomic E-state index is 0.0158. The second-order valence-electron chi connectivity index (χ2n) is 3.83. The van der Waals surface area contributed by atoms with Crippen LogP contribution in [0.5, 0.6) is 5.75 Å². The second kappa shape index (κ2) is 6.28. The van der Waals surface area contributed by atoms with Crippen LogP contribution in [0.25, 0.3) is 0 Å². The summed E-state index contributed by atoms with van der Waals surface area (Å²) in [6.07, 6.45) is 0.774. The largest absolute Gasteiger partial charge is 0.488 e. The molecule has 1 aromatic rings. The lowest BCUT2D eigenvalue weighted by atomic mass is 10.1. The van der Waals surface area contributed by atoms with Crippen molar-refractivity contribution in [3.63, 3.8) is 0 Å². The van der Waals surface area contributed by atoms with Crippen molar-refractivity contribution in [3.8, 4) is 5.75 Å². The average Bonchev–Trinajstić information content (AvgIpc) is 2.29. The molecule has 0 saturated heterocycles. The van der Waals surface area contributed by atoms with E-state index >= 15 is 0 Å². The molecule has 16 heavy (non-hydrogen) atoms. The summed E-state index contributed by atoms with van der Waals surface area (Å²) in [6.45, 7) is 3.64. The molecule has 0 radical (unpaired) electrons. The highest BCUT2D eigenvalue weighted by atomic mass is 16.5. The van der Waals surface area contributed by atoms with Crippen molar-refractivity contribution >= 4 is 5.78 Å². The molecule has 0 aliphatic carbocycles. The van der Waals surface area contributed by atoms with Gasteiger partial charge in [0.15, 0.2) is 0 Å². The predicted octanol–water partition coefficient (Wildman–Crippen LogP) is 1.97. The van der Waals surface area contributed by atoms with Crippen LogP contribution >= 0.6 is 0 Å². The summed E-state index contributed by atoms with van der Waals surface area (Å²) < 4.78 is 5.46.